The van der Waals surface area contributed by atoms with Crippen molar-refractivity contribution in [2.24, 2.45) is 7.05 Å². The Hall–Kier alpha value is -4.27. The summed E-state index contributed by atoms with van der Waals surface area (Å²) >= 11 is 0. The van der Waals surface area contributed by atoms with Crippen molar-refractivity contribution in [2.45, 2.75) is 26.9 Å². The van der Waals surface area contributed by atoms with Gasteiger partial charge in [-0.15, -0.1) is 0 Å². The van der Waals surface area contributed by atoms with E-state index in [2.05, 4.69) is 20.6 Å². The van der Waals surface area contributed by atoms with E-state index in [1.807, 2.05) is 30.8 Å². The number of benzene rings is 2. The van der Waals surface area contributed by atoms with Crippen molar-refractivity contribution >= 4 is 34.2 Å². The molecule has 0 spiro atoms. The standard InChI is InChI=1S/C25H24FN5O3/c1-14-9-20(34-24-23-22(27-13-28-24)7-8-31(23)4)5-6-21(14)30-25(33)29-19-11-17(15(2)26)10-18(12-19)16(3)32/h5-13,15H,1-4H3,(H2,29,30,33). The maximum atomic E-state index is 13.8. The van der Waals surface area contributed by atoms with Crippen LogP contribution in [0.5, 0.6) is 11.6 Å². The second-order valence-corrected chi connectivity index (χ2v) is 8.01. The summed E-state index contributed by atoms with van der Waals surface area (Å²) in [5.41, 5.74) is 3.86. The highest BCUT2D eigenvalue weighted by atomic mass is 19.1. The van der Waals surface area contributed by atoms with Crippen molar-refractivity contribution in [3.05, 3.63) is 71.7 Å². The highest BCUT2D eigenvalue weighted by Crippen LogP contribution is 2.29. The molecule has 0 saturated heterocycles. The zero-order valence-electron chi connectivity index (χ0n) is 19.2. The number of aryl methyl sites for hydroxylation is 2. The molecule has 0 radical (unpaired) electrons. The molecule has 174 valence electrons. The van der Waals surface area contributed by atoms with E-state index >= 15 is 0 Å². The predicted molar refractivity (Wildman–Crippen MR) is 128 cm³/mol. The molecule has 0 saturated carbocycles. The van der Waals surface area contributed by atoms with E-state index in [1.165, 1.54) is 38.4 Å². The van der Waals surface area contributed by atoms with Crippen LogP contribution in [-0.2, 0) is 7.05 Å². The molecule has 0 aliphatic rings. The van der Waals surface area contributed by atoms with Crippen LogP contribution in [0.4, 0.5) is 20.6 Å². The van der Waals surface area contributed by atoms with E-state index in [9.17, 15) is 14.0 Å². The van der Waals surface area contributed by atoms with Gasteiger partial charge in [0, 0.05) is 30.2 Å². The molecular weight excluding hydrogens is 437 g/mol. The van der Waals surface area contributed by atoms with Crippen LogP contribution < -0.4 is 15.4 Å². The highest BCUT2D eigenvalue weighted by Gasteiger charge is 2.13. The molecule has 8 nitrogen and oxygen atoms in total. The second kappa shape index (κ2) is 9.30. The van der Waals surface area contributed by atoms with Gasteiger partial charge in [0.25, 0.3) is 0 Å². The van der Waals surface area contributed by atoms with Crippen LogP contribution in [-0.4, -0.2) is 26.3 Å². The number of Topliss-reactive ketones (excluding diaryl/α,β-unsaturated/α-hetero) is 1. The number of nitrogens with one attached hydrogen (secondary N) is 2. The largest absolute Gasteiger partial charge is 0.437 e. The third kappa shape index (κ3) is 4.88. The number of carbonyl (C=O) groups is 2. The summed E-state index contributed by atoms with van der Waals surface area (Å²) in [6.45, 7) is 4.60. The Morgan fingerprint density at radius 3 is 2.59 bits per heavy atom. The number of urea groups is 1. The number of halogens is 1. The van der Waals surface area contributed by atoms with Gasteiger partial charge in [0.1, 0.15) is 23.8 Å². The monoisotopic (exact) mass is 461 g/mol. The fraction of sp³-hybridized carbons (Fsp3) is 0.200. The van der Waals surface area contributed by atoms with E-state index in [0.29, 0.717) is 34.1 Å². The van der Waals surface area contributed by atoms with Gasteiger partial charge >= 0.3 is 6.03 Å². The molecule has 2 heterocycles. The van der Waals surface area contributed by atoms with E-state index in [4.69, 9.17) is 4.74 Å². The molecule has 9 heteroatoms. The quantitative estimate of drug-likeness (QED) is 0.346. The Labute approximate surface area is 195 Å². The van der Waals surface area contributed by atoms with E-state index < -0.39 is 12.2 Å². The van der Waals surface area contributed by atoms with Crippen LogP contribution in [0.3, 0.4) is 0 Å². The molecule has 1 atom stereocenters. The molecule has 34 heavy (non-hydrogen) atoms. The summed E-state index contributed by atoms with van der Waals surface area (Å²) in [5.74, 6) is 0.771. The van der Waals surface area contributed by atoms with Crippen LogP contribution in [0.25, 0.3) is 11.0 Å². The van der Waals surface area contributed by atoms with E-state index in [-0.39, 0.29) is 5.78 Å². The third-order valence-corrected chi connectivity index (χ3v) is 5.37. The van der Waals surface area contributed by atoms with Crippen molar-refractivity contribution in [2.75, 3.05) is 10.6 Å². The maximum absolute atomic E-state index is 13.8. The predicted octanol–water partition coefficient (Wildman–Crippen LogP) is 5.95. The smallest absolute Gasteiger partial charge is 0.323 e. The van der Waals surface area contributed by atoms with Crippen LogP contribution >= 0.6 is 0 Å². The lowest BCUT2D eigenvalue weighted by molar-refractivity contribution is 0.101. The van der Waals surface area contributed by atoms with E-state index in [1.54, 1.807) is 18.2 Å². The van der Waals surface area contributed by atoms with Gasteiger partial charge in [-0.3, -0.25) is 4.79 Å². The lowest BCUT2D eigenvalue weighted by atomic mass is 10.0. The Morgan fingerprint density at radius 1 is 1.09 bits per heavy atom. The first-order valence-electron chi connectivity index (χ1n) is 10.6. The number of rotatable bonds is 6. The average Bonchev–Trinajstić information content (AvgIpc) is 3.17. The normalized spacial score (nSPS) is 11.8. The number of hydrogen-bond acceptors (Lipinski definition) is 5. The third-order valence-electron chi connectivity index (χ3n) is 5.37. The lowest BCUT2D eigenvalue weighted by Crippen LogP contribution is -2.20. The number of aromatic nitrogens is 3. The Kier molecular flexibility index (Phi) is 6.27. The van der Waals surface area contributed by atoms with Crippen molar-refractivity contribution in [1.29, 1.82) is 0 Å². The molecule has 4 aromatic rings. The fourth-order valence-electron chi connectivity index (χ4n) is 3.55. The zero-order valence-corrected chi connectivity index (χ0v) is 19.2. The molecule has 1 unspecified atom stereocenters. The molecule has 0 fully saturated rings. The molecular formula is C25H24FN5O3. The van der Waals surface area contributed by atoms with Crippen LogP contribution in [0, 0.1) is 6.92 Å². The van der Waals surface area contributed by atoms with Crippen molar-refractivity contribution in [1.82, 2.24) is 14.5 Å². The molecule has 2 amide bonds. The number of nitrogens with zero attached hydrogens (tertiary/aromatic N) is 3. The Balaban J connectivity index is 1.49. The number of anilines is 2. The first-order chi connectivity index (χ1) is 16.2. The summed E-state index contributed by atoms with van der Waals surface area (Å²) in [6.07, 6.45) is 2.05. The minimum atomic E-state index is -1.27. The number of alkyl halides is 1. The summed E-state index contributed by atoms with van der Waals surface area (Å²) in [6, 6.07) is 11.1. The summed E-state index contributed by atoms with van der Waals surface area (Å²) in [7, 11) is 1.89. The van der Waals surface area contributed by atoms with Gasteiger partial charge in [-0.1, -0.05) is 0 Å². The number of fused-ring (bicyclic) bond motifs is 1. The maximum Gasteiger partial charge on any atom is 0.323 e. The van der Waals surface area contributed by atoms with Gasteiger partial charge in [0.15, 0.2) is 5.78 Å². The number of ketones is 1. The number of ether oxygens (including phenoxy) is 1. The second-order valence-electron chi connectivity index (χ2n) is 8.01. The zero-order chi connectivity index (χ0) is 24.4. The summed E-state index contributed by atoms with van der Waals surface area (Å²) in [4.78, 5) is 32.8. The van der Waals surface area contributed by atoms with Gasteiger partial charge in [-0.25, -0.2) is 14.2 Å². The van der Waals surface area contributed by atoms with Crippen LogP contribution in [0.15, 0.2) is 55.0 Å². The number of carbonyl (C=O) groups excluding carboxylic acids is 2. The minimum absolute atomic E-state index is 0.214. The van der Waals surface area contributed by atoms with Crippen LogP contribution in [0.2, 0.25) is 0 Å². The van der Waals surface area contributed by atoms with Gasteiger partial charge in [0.2, 0.25) is 5.88 Å². The Bertz CT molecular complexity index is 1400. The van der Waals surface area contributed by atoms with Crippen LogP contribution in [0.1, 0.15) is 41.5 Å². The van der Waals surface area contributed by atoms with Gasteiger partial charge in [-0.05, 0) is 74.4 Å². The lowest BCUT2D eigenvalue weighted by Gasteiger charge is -2.14. The summed E-state index contributed by atoms with van der Waals surface area (Å²) < 4.78 is 21.7. The first kappa shape index (κ1) is 22.9. The van der Waals surface area contributed by atoms with Crippen molar-refractivity contribution in [3.8, 4) is 11.6 Å². The molecule has 4 rings (SSSR count). The van der Waals surface area contributed by atoms with Crippen molar-refractivity contribution in [3.63, 3.8) is 0 Å². The number of hydrogen-bond donors (Lipinski definition) is 2. The SMILES string of the molecule is CC(=O)c1cc(NC(=O)Nc2ccc(Oc3ncnc4ccn(C)c34)cc2C)cc(C(C)F)c1. The van der Waals surface area contributed by atoms with Gasteiger partial charge < -0.3 is 19.9 Å². The fourth-order valence-corrected chi connectivity index (χ4v) is 3.55. The van der Waals surface area contributed by atoms with Crippen molar-refractivity contribution < 1.29 is 18.7 Å². The average molecular weight is 461 g/mol. The summed E-state index contributed by atoms with van der Waals surface area (Å²) in [5, 5.41) is 5.43. The molecule has 2 aromatic heterocycles. The minimum Gasteiger partial charge on any atom is -0.437 e. The first-order valence-corrected chi connectivity index (χ1v) is 10.6. The Morgan fingerprint density at radius 2 is 1.88 bits per heavy atom. The molecule has 2 N–H and O–H groups in total. The molecule has 2 aromatic carbocycles. The van der Waals surface area contributed by atoms with E-state index in [0.717, 1.165) is 16.6 Å². The van der Waals surface area contributed by atoms with Gasteiger partial charge in [0.05, 0.1) is 5.52 Å². The molecule has 0 aliphatic heterocycles. The topological polar surface area (TPSA) is 98.1 Å². The molecule has 0 bridgehead atoms. The highest BCUT2D eigenvalue weighted by molar-refractivity contribution is 6.02. The molecule has 0 aliphatic carbocycles. The van der Waals surface area contributed by atoms with Gasteiger partial charge in [-0.2, -0.15) is 4.98 Å². The number of amides is 2.